The number of amides is 1. The third-order valence-electron chi connectivity index (χ3n) is 2.99. The van der Waals surface area contributed by atoms with Crippen LogP contribution in [0.5, 0.6) is 0 Å². The fourth-order valence-electron chi connectivity index (χ4n) is 1.83. The number of hydrogen-bond acceptors (Lipinski definition) is 5. The molecule has 0 atom stereocenters. The van der Waals surface area contributed by atoms with Gasteiger partial charge >= 0.3 is 0 Å². The maximum Gasteiger partial charge on any atom is 0.271 e. The summed E-state index contributed by atoms with van der Waals surface area (Å²) < 4.78 is 0. The molecule has 6 nitrogen and oxygen atoms in total. The number of aromatic nitrogens is 2. The lowest BCUT2D eigenvalue weighted by atomic mass is 10.3. The van der Waals surface area contributed by atoms with E-state index in [1.165, 1.54) is 0 Å². The number of nitrogens with zero attached hydrogens (tertiary/aromatic N) is 3. The SMILES string of the molecule is CNC(=O)c1ccc(N(CCC(N)=S)C2CC2)nn1. The Morgan fingerprint density at radius 1 is 1.53 bits per heavy atom. The molecule has 1 aromatic heterocycles. The highest BCUT2D eigenvalue weighted by Crippen LogP contribution is 2.30. The highest BCUT2D eigenvalue weighted by atomic mass is 32.1. The van der Waals surface area contributed by atoms with Gasteiger partial charge in [0.05, 0.1) is 4.99 Å². The van der Waals surface area contributed by atoms with Gasteiger partial charge in [-0.3, -0.25) is 4.79 Å². The van der Waals surface area contributed by atoms with Gasteiger partial charge in [-0.05, 0) is 25.0 Å². The van der Waals surface area contributed by atoms with E-state index in [9.17, 15) is 4.79 Å². The average molecular weight is 279 g/mol. The molecular formula is C12H17N5OS. The Morgan fingerprint density at radius 3 is 2.74 bits per heavy atom. The summed E-state index contributed by atoms with van der Waals surface area (Å²) in [4.78, 5) is 14.0. The van der Waals surface area contributed by atoms with Gasteiger partial charge < -0.3 is 16.0 Å². The van der Waals surface area contributed by atoms with Crippen molar-refractivity contribution >= 4 is 28.9 Å². The maximum absolute atomic E-state index is 11.4. The Bertz CT molecular complexity index is 472. The van der Waals surface area contributed by atoms with E-state index < -0.39 is 0 Å². The first-order valence-electron chi connectivity index (χ1n) is 6.22. The quantitative estimate of drug-likeness (QED) is 0.737. The van der Waals surface area contributed by atoms with Gasteiger partial charge in [-0.15, -0.1) is 10.2 Å². The fourth-order valence-corrected chi connectivity index (χ4v) is 1.92. The van der Waals surface area contributed by atoms with Crippen molar-refractivity contribution in [2.24, 2.45) is 5.73 Å². The predicted molar refractivity (Wildman–Crippen MR) is 77.2 cm³/mol. The topological polar surface area (TPSA) is 84.1 Å². The molecule has 1 aromatic rings. The molecule has 1 aliphatic carbocycles. The molecule has 1 amide bonds. The Kier molecular flexibility index (Phi) is 4.26. The third-order valence-corrected chi connectivity index (χ3v) is 3.20. The number of rotatable bonds is 6. The van der Waals surface area contributed by atoms with E-state index >= 15 is 0 Å². The first-order chi connectivity index (χ1) is 9.11. The molecule has 0 spiro atoms. The predicted octanol–water partition coefficient (Wildman–Crippen LogP) is 0.481. The zero-order valence-electron chi connectivity index (χ0n) is 10.8. The van der Waals surface area contributed by atoms with Crippen LogP contribution in [-0.2, 0) is 0 Å². The van der Waals surface area contributed by atoms with E-state index in [0.29, 0.717) is 23.1 Å². The second-order valence-electron chi connectivity index (χ2n) is 4.50. The van der Waals surface area contributed by atoms with Crippen LogP contribution in [0.2, 0.25) is 0 Å². The highest BCUT2D eigenvalue weighted by Gasteiger charge is 2.30. The van der Waals surface area contributed by atoms with Crippen molar-refractivity contribution < 1.29 is 4.79 Å². The Morgan fingerprint density at radius 2 is 2.26 bits per heavy atom. The molecule has 1 fully saturated rings. The lowest BCUT2D eigenvalue weighted by molar-refractivity contribution is 0.0957. The van der Waals surface area contributed by atoms with Crippen LogP contribution in [-0.4, -0.2) is 40.7 Å². The van der Waals surface area contributed by atoms with Crippen LogP contribution in [0.1, 0.15) is 29.8 Å². The zero-order valence-corrected chi connectivity index (χ0v) is 11.6. The molecule has 0 radical (unpaired) electrons. The van der Waals surface area contributed by atoms with Crippen LogP contribution < -0.4 is 16.0 Å². The first-order valence-corrected chi connectivity index (χ1v) is 6.63. The Balaban J connectivity index is 2.09. The molecule has 7 heteroatoms. The van der Waals surface area contributed by atoms with Crippen molar-refractivity contribution in [3.8, 4) is 0 Å². The normalized spacial score (nSPS) is 13.9. The van der Waals surface area contributed by atoms with Crippen LogP contribution in [0.25, 0.3) is 0 Å². The number of nitrogens with two attached hydrogens (primary N) is 1. The Hall–Kier alpha value is -1.76. The van der Waals surface area contributed by atoms with E-state index in [-0.39, 0.29) is 5.91 Å². The molecule has 0 aromatic carbocycles. The molecule has 0 saturated heterocycles. The lowest BCUT2D eigenvalue weighted by Gasteiger charge is -2.22. The zero-order chi connectivity index (χ0) is 13.8. The van der Waals surface area contributed by atoms with Crippen molar-refractivity contribution in [2.45, 2.75) is 25.3 Å². The number of hydrogen-bond donors (Lipinski definition) is 2. The van der Waals surface area contributed by atoms with E-state index in [1.54, 1.807) is 13.1 Å². The molecule has 19 heavy (non-hydrogen) atoms. The fraction of sp³-hybridized carbons (Fsp3) is 0.500. The number of anilines is 1. The number of carbonyl (C=O) groups excluding carboxylic acids is 1. The first kappa shape index (κ1) is 13.7. The average Bonchev–Trinajstić information content (AvgIpc) is 3.23. The maximum atomic E-state index is 11.4. The minimum absolute atomic E-state index is 0.236. The molecule has 0 aliphatic heterocycles. The third kappa shape index (κ3) is 3.60. The van der Waals surface area contributed by atoms with Gasteiger partial charge in [0, 0.05) is 26.1 Å². The van der Waals surface area contributed by atoms with Crippen molar-refractivity contribution in [3.63, 3.8) is 0 Å². The Labute approximate surface area is 117 Å². The summed E-state index contributed by atoms with van der Waals surface area (Å²) in [6.07, 6.45) is 2.96. The summed E-state index contributed by atoms with van der Waals surface area (Å²) in [6, 6.07) is 3.99. The standard InChI is InChI=1S/C12H17N5OS/c1-14-12(18)9-4-5-11(16-15-9)17(8-2-3-8)7-6-10(13)19/h4-5,8H,2-3,6-7H2,1H3,(H2,13,19)(H,14,18). The summed E-state index contributed by atoms with van der Waals surface area (Å²) in [7, 11) is 1.57. The van der Waals surface area contributed by atoms with E-state index in [4.69, 9.17) is 18.0 Å². The summed E-state index contributed by atoms with van der Waals surface area (Å²) in [5.74, 6) is 0.534. The van der Waals surface area contributed by atoms with Gasteiger partial charge in [0.2, 0.25) is 0 Å². The van der Waals surface area contributed by atoms with Gasteiger partial charge in [-0.25, -0.2) is 0 Å². The second kappa shape index (κ2) is 5.92. The minimum Gasteiger partial charge on any atom is -0.393 e. The van der Waals surface area contributed by atoms with Gasteiger partial charge in [0.1, 0.15) is 0 Å². The number of nitrogens with one attached hydrogen (secondary N) is 1. The van der Waals surface area contributed by atoms with Crippen molar-refractivity contribution in [1.29, 1.82) is 0 Å². The molecular weight excluding hydrogens is 262 g/mol. The van der Waals surface area contributed by atoms with E-state index in [1.807, 2.05) is 6.07 Å². The summed E-state index contributed by atoms with van der Waals surface area (Å²) in [5.41, 5.74) is 5.85. The molecule has 1 heterocycles. The van der Waals surface area contributed by atoms with Crippen LogP contribution >= 0.6 is 12.2 Å². The largest absolute Gasteiger partial charge is 0.393 e. The molecule has 2 rings (SSSR count). The molecule has 1 saturated carbocycles. The number of thiocarbonyl (C=S) groups is 1. The summed E-state index contributed by atoms with van der Waals surface area (Å²) >= 11 is 4.90. The smallest absolute Gasteiger partial charge is 0.271 e. The van der Waals surface area contributed by atoms with Gasteiger partial charge in [-0.1, -0.05) is 12.2 Å². The second-order valence-corrected chi connectivity index (χ2v) is 5.02. The van der Waals surface area contributed by atoms with E-state index in [2.05, 4.69) is 20.4 Å². The van der Waals surface area contributed by atoms with Gasteiger partial charge in [0.15, 0.2) is 11.5 Å². The monoisotopic (exact) mass is 279 g/mol. The van der Waals surface area contributed by atoms with Crippen LogP contribution in [0, 0.1) is 0 Å². The molecule has 0 bridgehead atoms. The molecule has 0 unspecified atom stereocenters. The van der Waals surface area contributed by atoms with Crippen LogP contribution in [0.15, 0.2) is 12.1 Å². The molecule has 102 valence electrons. The summed E-state index contributed by atoms with van der Waals surface area (Å²) in [5, 5.41) is 10.6. The van der Waals surface area contributed by atoms with Crippen molar-refractivity contribution in [2.75, 3.05) is 18.5 Å². The van der Waals surface area contributed by atoms with E-state index in [0.717, 1.165) is 25.2 Å². The van der Waals surface area contributed by atoms with Gasteiger partial charge in [-0.2, -0.15) is 0 Å². The van der Waals surface area contributed by atoms with Crippen LogP contribution in [0.4, 0.5) is 5.82 Å². The molecule has 3 N–H and O–H groups in total. The van der Waals surface area contributed by atoms with Gasteiger partial charge in [0.25, 0.3) is 5.91 Å². The van der Waals surface area contributed by atoms with Crippen molar-refractivity contribution in [1.82, 2.24) is 15.5 Å². The summed E-state index contributed by atoms with van der Waals surface area (Å²) in [6.45, 7) is 0.744. The minimum atomic E-state index is -0.236. The van der Waals surface area contributed by atoms with Crippen LogP contribution in [0.3, 0.4) is 0 Å². The molecule has 1 aliphatic rings. The highest BCUT2D eigenvalue weighted by molar-refractivity contribution is 7.80. The lowest BCUT2D eigenvalue weighted by Crippen LogP contribution is -2.31. The van der Waals surface area contributed by atoms with Crippen molar-refractivity contribution in [3.05, 3.63) is 17.8 Å². The number of carbonyl (C=O) groups is 1.